The van der Waals surface area contributed by atoms with Crippen LogP contribution in [0, 0.1) is 0 Å². The van der Waals surface area contributed by atoms with Crippen molar-refractivity contribution >= 4 is 23.5 Å². The molecule has 1 aliphatic rings. The van der Waals surface area contributed by atoms with Crippen molar-refractivity contribution < 1.29 is 40.6 Å². The zero-order valence-electron chi connectivity index (χ0n) is 23.4. The molecule has 1 amide bonds. The van der Waals surface area contributed by atoms with Gasteiger partial charge in [0.05, 0.1) is 5.56 Å². The van der Waals surface area contributed by atoms with E-state index in [0.717, 1.165) is 18.2 Å². The Morgan fingerprint density at radius 3 is 2.16 bits per heavy atom. The van der Waals surface area contributed by atoms with Crippen molar-refractivity contribution in [3.8, 4) is 17.5 Å². The lowest BCUT2D eigenvalue weighted by molar-refractivity contribution is -0.154. The maximum atomic E-state index is 13.1. The number of nitrogens with zero attached hydrogens (tertiary/aromatic N) is 4. The maximum absolute atomic E-state index is 13.1. The number of nitrogens with one attached hydrogen (secondary N) is 2. The summed E-state index contributed by atoms with van der Waals surface area (Å²) in [6.45, 7) is -0.938. The van der Waals surface area contributed by atoms with Crippen LogP contribution in [0.4, 0.5) is 43.9 Å². The number of aromatic nitrogens is 3. The van der Waals surface area contributed by atoms with Crippen LogP contribution in [0.1, 0.15) is 28.8 Å². The predicted octanol–water partition coefficient (Wildman–Crippen LogP) is 7.08. The Balaban J connectivity index is 1.22. The van der Waals surface area contributed by atoms with E-state index in [1.165, 1.54) is 6.07 Å². The number of likely N-dealkylation sites (tertiary alicyclic amines) is 1. The number of hydrogen-bond acceptors (Lipinski definition) is 8. The Bertz CT molecular complexity index is 1590. The zero-order valence-corrected chi connectivity index (χ0v) is 23.4. The lowest BCUT2D eigenvalue weighted by Gasteiger charge is -2.32. The molecule has 0 spiro atoms. The predicted molar refractivity (Wildman–Crippen MR) is 152 cm³/mol. The molecule has 0 bridgehead atoms. The van der Waals surface area contributed by atoms with Crippen LogP contribution in [0.2, 0.25) is 0 Å². The molecule has 45 heavy (non-hydrogen) atoms. The van der Waals surface area contributed by atoms with E-state index in [0.29, 0.717) is 43.0 Å². The second kappa shape index (κ2) is 13.3. The fourth-order valence-electron chi connectivity index (χ4n) is 4.47. The Hall–Kier alpha value is -5.08. The summed E-state index contributed by atoms with van der Waals surface area (Å²) in [7, 11) is 0. The number of halogens is 6. The van der Waals surface area contributed by atoms with Gasteiger partial charge in [-0.15, -0.1) is 0 Å². The van der Waals surface area contributed by atoms with Crippen molar-refractivity contribution in [1.82, 2.24) is 19.9 Å². The minimum absolute atomic E-state index is 0.0461. The molecule has 1 saturated heterocycles. The quantitative estimate of drug-likeness (QED) is 0.189. The van der Waals surface area contributed by atoms with Crippen molar-refractivity contribution in [3.05, 3.63) is 90.0 Å². The van der Waals surface area contributed by atoms with Gasteiger partial charge in [0, 0.05) is 30.4 Å². The Labute approximate surface area is 253 Å². The van der Waals surface area contributed by atoms with Crippen molar-refractivity contribution in [2.24, 2.45) is 0 Å². The minimum Gasteiger partial charge on any atom is -0.457 e. The number of para-hydroxylation sites is 1. The minimum atomic E-state index is -4.68. The summed E-state index contributed by atoms with van der Waals surface area (Å²) in [5, 5.41) is 5.58. The van der Waals surface area contributed by atoms with E-state index < -0.39 is 30.5 Å². The number of alkyl halides is 6. The first kappa shape index (κ1) is 31.3. The van der Waals surface area contributed by atoms with Crippen LogP contribution < -0.4 is 20.1 Å². The topological polar surface area (TPSA) is 102 Å². The van der Waals surface area contributed by atoms with Crippen molar-refractivity contribution in [3.63, 3.8) is 0 Å². The van der Waals surface area contributed by atoms with Gasteiger partial charge in [0.25, 0.3) is 5.91 Å². The standard InChI is InChI=1S/C30H26F6N6O3/c31-29(32,33)18-44-28-40-26(39-27(41-28)38-22-6-4-5-20(17-22)30(34,35)36)37-21-13-15-42(16-14-21)25(43)19-9-11-24(12-10-19)45-23-7-2-1-3-8-23/h1-12,17,21H,13-16,18H2,(H2,37,38,39,40,41). The van der Waals surface area contributed by atoms with Crippen LogP contribution >= 0.6 is 0 Å². The SMILES string of the molecule is O=C(c1ccc(Oc2ccccc2)cc1)N1CCC(Nc2nc(Nc3cccc(C(F)(F)F)c3)nc(OCC(F)(F)F)n2)CC1. The molecule has 0 unspecified atom stereocenters. The van der Waals surface area contributed by atoms with Gasteiger partial charge in [-0.2, -0.15) is 41.3 Å². The fraction of sp³-hybridized carbons (Fsp3) is 0.267. The van der Waals surface area contributed by atoms with E-state index in [-0.39, 0.29) is 29.5 Å². The number of rotatable bonds is 9. The second-order valence-electron chi connectivity index (χ2n) is 10.0. The molecule has 2 N–H and O–H groups in total. The van der Waals surface area contributed by atoms with E-state index in [1.54, 1.807) is 29.2 Å². The molecular formula is C30H26F6N6O3. The third-order valence-corrected chi connectivity index (χ3v) is 6.62. The molecule has 2 heterocycles. The molecule has 3 aromatic carbocycles. The number of amides is 1. The number of benzene rings is 3. The van der Waals surface area contributed by atoms with Crippen molar-refractivity contribution in [2.45, 2.75) is 31.2 Å². The van der Waals surface area contributed by atoms with Gasteiger partial charge in [-0.3, -0.25) is 4.79 Å². The summed E-state index contributed by atoms with van der Waals surface area (Å²) >= 11 is 0. The van der Waals surface area contributed by atoms with Gasteiger partial charge >= 0.3 is 18.4 Å². The molecular weight excluding hydrogens is 606 g/mol. The summed E-state index contributed by atoms with van der Waals surface area (Å²) in [6.07, 6.45) is -8.37. The normalized spacial score (nSPS) is 14.1. The van der Waals surface area contributed by atoms with Gasteiger partial charge in [0.15, 0.2) is 6.61 Å². The summed E-state index contributed by atoms with van der Waals surface area (Å²) in [6, 6.07) is 19.2. The molecule has 236 valence electrons. The third-order valence-electron chi connectivity index (χ3n) is 6.62. The first-order valence-corrected chi connectivity index (χ1v) is 13.7. The van der Waals surface area contributed by atoms with Crippen molar-refractivity contribution in [1.29, 1.82) is 0 Å². The Morgan fingerprint density at radius 1 is 0.822 bits per heavy atom. The first-order chi connectivity index (χ1) is 21.4. The third kappa shape index (κ3) is 8.97. The monoisotopic (exact) mass is 632 g/mol. The molecule has 1 aromatic heterocycles. The highest BCUT2D eigenvalue weighted by Crippen LogP contribution is 2.31. The number of anilines is 3. The molecule has 15 heteroatoms. The number of hydrogen-bond donors (Lipinski definition) is 2. The number of carbonyl (C=O) groups excluding carboxylic acids is 1. The van der Waals surface area contributed by atoms with E-state index >= 15 is 0 Å². The Kier molecular flexibility index (Phi) is 9.25. The highest BCUT2D eigenvalue weighted by atomic mass is 19.4. The summed E-state index contributed by atoms with van der Waals surface area (Å²) in [4.78, 5) is 26.6. The average Bonchev–Trinajstić information content (AvgIpc) is 3.00. The van der Waals surface area contributed by atoms with Gasteiger partial charge in [0.2, 0.25) is 11.9 Å². The molecule has 9 nitrogen and oxygen atoms in total. The molecule has 1 fully saturated rings. The van der Waals surface area contributed by atoms with E-state index in [4.69, 9.17) is 4.74 Å². The fourth-order valence-corrected chi connectivity index (χ4v) is 4.47. The van der Waals surface area contributed by atoms with E-state index in [2.05, 4.69) is 30.3 Å². The summed E-state index contributed by atoms with van der Waals surface area (Å²) in [5.41, 5.74) is -0.502. The van der Waals surface area contributed by atoms with E-state index in [9.17, 15) is 31.1 Å². The molecule has 1 aliphatic heterocycles. The van der Waals surface area contributed by atoms with Gasteiger partial charge < -0.3 is 25.0 Å². The highest BCUT2D eigenvalue weighted by Gasteiger charge is 2.31. The van der Waals surface area contributed by atoms with Crippen LogP contribution in [0.5, 0.6) is 17.5 Å². The van der Waals surface area contributed by atoms with Gasteiger partial charge in [0.1, 0.15) is 11.5 Å². The summed E-state index contributed by atoms with van der Waals surface area (Å²) < 4.78 is 88.2. The van der Waals surface area contributed by atoms with Crippen LogP contribution in [0.15, 0.2) is 78.9 Å². The second-order valence-corrected chi connectivity index (χ2v) is 10.0. The lowest BCUT2D eigenvalue weighted by atomic mass is 10.0. The van der Waals surface area contributed by atoms with Gasteiger partial charge in [-0.25, -0.2) is 0 Å². The maximum Gasteiger partial charge on any atom is 0.422 e. The molecule has 0 saturated carbocycles. The lowest BCUT2D eigenvalue weighted by Crippen LogP contribution is -2.42. The molecule has 0 radical (unpaired) electrons. The van der Waals surface area contributed by atoms with Crippen LogP contribution in [-0.4, -0.2) is 57.7 Å². The number of carbonyl (C=O) groups is 1. The van der Waals surface area contributed by atoms with Crippen LogP contribution in [-0.2, 0) is 6.18 Å². The van der Waals surface area contributed by atoms with Gasteiger partial charge in [-0.05, 0) is 67.4 Å². The average molecular weight is 633 g/mol. The van der Waals surface area contributed by atoms with Crippen LogP contribution in [0.25, 0.3) is 0 Å². The first-order valence-electron chi connectivity index (χ1n) is 13.7. The Morgan fingerprint density at radius 2 is 1.49 bits per heavy atom. The van der Waals surface area contributed by atoms with Crippen LogP contribution in [0.3, 0.4) is 0 Å². The molecule has 5 rings (SSSR count). The molecule has 0 atom stereocenters. The summed E-state index contributed by atoms with van der Waals surface area (Å²) in [5.74, 6) is 0.613. The molecule has 4 aromatic rings. The van der Waals surface area contributed by atoms with Gasteiger partial charge in [-0.1, -0.05) is 24.3 Å². The smallest absolute Gasteiger partial charge is 0.422 e. The van der Waals surface area contributed by atoms with Crippen molar-refractivity contribution in [2.75, 3.05) is 30.3 Å². The van der Waals surface area contributed by atoms with E-state index in [1.807, 2.05) is 30.3 Å². The highest BCUT2D eigenvalue weighted by molar-refractivity contribution is 5.94. The zero-order chi connectivity index (χ0) is 32.0. The number of piperidine rings is 1. The molecule has 0 aliphatic carbocycles. The number of ether oxygens (including phenoxy) is 2. The largest absolute Gasteiger partial charge is 0.457 e.